The Bertz CT molecular complexity index is 434. The lowest BCUT2D eigenvalue weighted by molar-refractivity contribution is -0.119. The molecule has 0 saturated carbocycles. The van der Waals surface area contributed by atoms with Gasteiger partial charge in [0.25, 0.3) is 0 Å². The first-order valence-corrected chi connectivity index (χ1v) is 5.80. The molecule has 0 radical (unpaired) electrons. The van der Waals surface area contributed by atoms with Crippen LogP contribution in [0.4, 0.5) is 5.69 Å². The number of nitrogens with two attached hydrogens (primary N) is 2. The van der Waals surface area contributed by atoms with E-state index in [2.05, 4.69) is 0 Å². The van der Waals surface area contributed by atoms with Crippen molar-refractivity contribution in [3.63, 3.8) is 0 Å². The molecule has 17 heavy (non-hydrogen) atoms. The fraction of sp³-hybridized carbons (Fsp3) is 0.333. The third kappa shape index (κ3) is 3.17. The van der Waals surface area contributed by atoms with E-state index < -0.39 is 0 Å². The Hall–Kier alpha value is -1.62. The van der Waals surface area contributed by atoms with Crippen LogP contribution >= 0.6 is 12.2 Å². The minimum Gasteiger partial charge on any atom is -0.389 e. The molecule has 0 fully saturated rings. The average molecular weight is 251 g/mol. The summed E-state index contributed by atoms with van der Waals surface area (Å²) in [7, 11) is 1.83. The zero-order valence-electron chi connectivity index (χ0n) is 10.0. The van der Waals surface area contributed by atoms with Crippen LogP contribution in [0.2, 0.25) is 0 Å². The highest BCUT2D eigenvalue weighted by Gasteiger charge is 2.19. The number of carbonyl (C=O) groups is 1. The Morgan fingerprint density at radius 1 is 1.47 bits per heavy atom. The molecule has 0 heterocycles. The standard InChI is InChI=1S/C12H17N3OS/c1-3-10(11(13)16)15(2)9-6-4-5-8(7-9)12(14)17/h4-7,10H,3H2,1-2H3,(H2,13,16)(H2,14,17). The van der Waals surface area contributed by atoms with Gasteiger partial charge in [-0.1, -0.05) is 31.3 Å². The van der Waals surface area contributed by atoms with Crippen LogP contribution in [0.3, 0.4) is 0 Å². The summed E-state index contributed by atoms with van der Waals surface area (Å²) < 4.78 is 0. The van der Waals surface area contributed by atoms with Crippen LogP contribution in [-0.4, -0.2) is 24.0 Å². The third-order valence-corrected chi connectivity index (χ3v) is 2.96. The Morgan fingerprint density at radius 2 is 2.12 bits per heavy atom. The minimum atomic E-state index is -0.337. The molecule has 1 aromatic rings. The van der Waals surface area contributed by atoms with Crippen molar-refractivity contribution in [3.05, 3.63) is 29.8 Å². The Morgan fingerprint density at radius 3 is 2.59 bits per heavy atom. The minimum absolute atomic E-state index is 0.323. The van der Waals surface area contributed by atoms with Gasteiger partial charge < -0.3 is 16.4 Å². The molecule has 0 aromatic heterocycles. The van der Waals surface area contributed by atoms with Crippen molar-refractivity contribution in [2.45, 2.75) is 19.4 Å². The van der Waals surface area contributed by atoms with Crippen LogP contribution in [0.25, 0.3) is 0 Å². The molecule has 0 spiro atoms. The summed E-state index contributed by atoms with van der Waals surface area (Å²) in [6.07, 6.45) is 0.656. The maximum atomic E-state index is 11.3. The summed E-state index contributed by atoms with van der Waals surface area (Å²) in [6.45, 7) is 1.92. The van der Waals surface area contributed by atoms with Crippen LogP contribution in [0.15, 0.2) is 24.3 Å². The quantitative estimate of drug-likeness (QED) is 0.766. The van der Waals surface area contributed by atoms with E-state index in [0.29, 0.717) is 11.4 Å². The van der Waals surface area contributed by atoms with E-state index in [0.717, 1.165) is 11.3 Å². The number of amides is 1. The normalized spacial score (nSPS) is 11.9. The highest BCUT2D eigenvalue weighted by atomic mass is 32.1. The second-order valence-corrected chi connectivity index (χ2v) is 4.29. The highest BCUT2D eigenvalue weighted by molar-refractivity contribution is 7.80. The number of thiocarbonyl (C=S) groups is 1. The Kier molecular flexibility index (Phi) is 4.45. The van der Waals surface area contributed by atoms with Crippen molar-refractivity contribution in [2.24, 2.45) is 11.5 Å². The third-order valence-electron chi connectivity index (χ3n) is 2.72. The van der Waals surface area contributed by atoms with Gasteiger partial charge in [-0.15, -0.1) is 0 Å². The predicted molar refractivity (Wildman–Crippen MR) is 74.0 cm³/mol. The van der Waals surface area contributed by atoms with Crippen molar-refractivity contribution in [3.8, 4) is 0 Å². The topological polar surface area (TPSA) is 72.4 Å². The molecule has 1 amide bonds. The maximum absolute atomic E-state index is 11.3. The first-order valence-electron chi connectivity index (χ1n) is 5.39. The molecule has 4 N–H and O–H groups in total. The zero-order valence-corrected chi connectivity index (χ0v) is 10.8. The number of carbonyl (C=O) groups excluding carboxylic acids is 1. The number of primary amides is 1. The predicted octanol–water partition coefficient (Wildman–Crippen LogP) is 1.02. The smallest absolute Gasteiger partial charge is 0.240 e. The largest absolute Gasteiger partial charge is 0.389 e. The second-order valence-electron chi connectivity index (χ2n) is 3.85. The van der Waals surface area contributed by atoms with Gasteiger partial charge in [-0.3, -0.25) is 4.79 Å². The van der Waals surface area contributed by atoms with Gasteiger partial charge in [-0.25, -0.2) is 0 Å². The first-order chi connectivity index (χ1) is 7.97. The van der Waals surface area contributed by atoms with Gasteiger partial charge in [0, 0.05) is 18.3 Å². The second kappa shape index (κ2) is 5.63. The van der Waals surface area contributed by atoms with Crippen molar-refractivity contribution < 1.29 is 4.79 Å². The molecule has 4 nitrogen and oxygen atoms in total. The summed E-state index contributed by atoms with van der Waals surface area (Å²) in [6, 6.07) is 7.12. The number of nitrogens with zero attached hydrogens (tertiary/aromatic N) is 1. The van der Waals surface area contributed by atoms with Gasteiger partial charge in [-0.2, -0.15) is 0 Å². The van der Waals surface area contributed by atoms with Crippen molar-refractivity contribution in [2.75, 3.05) is 11.9 Å². The molecule has 0 aliphatic carbocycles. The maximum Gasteiger partial charge on any atom is 0.240 e. The lowest BCUT2D eigenvalue weighted by Crippen LogP contribution is -2.42. The zero-order chi connectivity index (χ0) is 13.0. The Balaban J connectivity index is 3.02. The number of rotatable bonds is 5. The van der Waals surface area contributed by atoms with Gasteiger partial charge in [0.05, 0.1) is 0 Å². The molecular weight excluding hydrogens is 234 g/mol. The fourth-order valence-electron chi connectivity index (χ4n) is 1.72. The van der Waals surface area contributed by atoms with Crippen molar-refractivity contribution in [1.29, 1.82) is 0 Å². The summed E-state index contributed by atoms with van der Waals surface area (Å²) in [4.78, 5) is 13.5. The molecule has 1 unspecified atom stereocenters. The molecule has 0 aliphatic rings. The molecule has 92 valence electrons. The van der Waals surface area contributed by atoms with Crippen molar-refractivity contribution in [1.82, 2.24) is 0 Å². The number of hydrogen-bond donors (Lipinski definition) is 2. The number of anilines is 1. The average Bonchev–Trinajstić information content (AvgIpc) is 2.29. The molecule has 1 rings (SSSR count). The number of hydrogen-bond acceptors (Lipinski definition) is 3. The van der Waals surface area contributed by atoms with E-state index >= 15 is 0 Å². The van der Waals surface area contributed by atoms with E-state index in [4.69, 9.17) is 23.7 Å². The van der Waals surface area contributed by atoms with E-state index in [1.807, 2.05) is 43.1 Å². The molecule has 1 atom stereocenters. The summed E-state index contributed by atoms with van der Waals surface area (Å²) in [5, 5.41) is 0. The molecule has 0 saturated heterocycles. The molecule has 1 aromatic carbocycles. The van der Waals surface area contributed by atoms with Gasteiger partial charge in [0.15, 0.2) is 0 Å². The molecule has 0 aliphatic heterocycles. The molecule has 5 heteroatoms. The lowest BCUT2D eigenvalue weighted by atomic mass is 10.1. The fourth-order valence-corrected chi connectivity index (χ4v) is 1.85. The van der Waals surface area contributed by atoms with Crippen LogP contribution in [0, 0.1) is 0 Å². The van der Waals surface area contributed by atoms with Crippen LogP contribution < -0.4 is 16.4 Å². The van der Waals surface area contributed by atoms with Gasteiger partial charge in [-0.05, 0) is 18.6 Å². The van der Waals surface area contributed by atoms with Gasteiger partial charge in [0.2, 0.25) is 5.91 Å². The van der Waals surface area contributed by atoms with Crippen molar-refractivity contribution >= 4 is 28.8 Å². The lowest BCUT2D eigenvalue weighted by Gasteiger charge is -2.27. The first kappa shape index (κ1) is 13.4. The monoisotopic (exact) mass is 251 g/mol. The van der Waals surface area contributed by atoms with E-state index in [1.54, 1.807) is 0 Å². The summed E-state index contributed by atoms with van der Waals surface area (Å²) in [5.41, 5.74) is 12.6. The number of benzene rings is 1. The summed E-state index contributed by atoms with van der Waals surface area (Å²) in [5.74, 6) is -0.337. The van der Waals surface area contributed by atoms with Gasteiger partial charge in [0.1, 0.15) is 11.0 Å². The van der Waals surface area contributed by atoms with Gasteiger partial charge >= 0.3 is 0 Å². The Labute approximate surface area is 107 Å². The number of likely N-dealkylation sites (N-methyl/N-ethyl adjacent to an activating group) is 1. The van der Waals surface area contributed by atoms with Crippen LogP contribution in [0.1, 0.15) is 18.9 Å². The SMILES string of the molecule is CCC(C(N)=O)N(C)c1cccc(C(N)=S)c1. The van der Waals surface area contributed by atoms with Crippen LogP contribution in [0.5, 0.6) is 0 Å². The molecule has 0 bridgehead atoms. The summed E-state index contributed by atoms with van der Waals surface area (Å²) >= 11 is 4.92. The van der Waals surface area contributed by atoms with Crippen LogP contribution in [-0.2, 0) is 4.79 Å². The van der Waals surface area contributed by atoms with E-state index in [-0.39, 0.29) is 11.9 Å². The van der Waals surface area contributed by atoms with E-state index in [9.17, 15) is 4.79 Å². The highest BCUT2D eigenvalue weighted by Crippen LogP contribution is 2.18. The molecular formula is C12H17N3OS. The van der Waals surface area contributed by atoms with E-state index in [1.165, 1.54) is 0 Å².